The molecule has 0 spiro atoms. The van der Waals surface area contributed by atoms with Crippen molar-refractivity contribution < 1.29 is 9.66 Å². The van der Waals surface area contributed by atoms with E-state index in [1.807, 2.05) is 0 Å². The topological polar surface area (TPSA) is 119 Å². The zero-order valence-electron chi connectivity index (χ0n) is 14.7. The Labute approximate surface area is 155 Å². The number of benzene rings is 1. The zero-order valence-corrected chi connectivity index (χ0v) is 14.7. The van der Waals surface area contributed by atoms with Gasteiger partial charge in [-0.25, -0.2) is 4.98 Å². The molecule has 27 heavy (non-hydrogen) atoms. The van der Waals surface area contributed by atoms with Crippen LogP contribution < -0.4 is 10.1 Å². The summed E-state index contributed by atoms with van der Waals surface area (Å²) < 4.78 is 5.99. The smallest absolute Gasteiger partial charge is 0.269 e. The van der Waals surface area contributed by atoms with Gasteiger partial charge in [0.15, 0.2) is 5.65 Å². The van der Waals surface area contributed by atoms with E-state index < -0.39 is 4.92 Å². The summed E-state index contributed by atoms with van der Waals surface area (Å²) in [7, 11) is 0. The number of H-pyrrole nitrogens is 1. The number of imidazole rings is 1. The predicted molar refractivity (Wildman–Crippen MR) is 100 cm³/mol. The van der Waals surface area contributed by atoms with E-state index in [1.54, 1.807) is 18.5 Å². The number of hydrogen-bond acceptors (Lipinski definition) is 7. The summed E-state index contributed by atoms with van der Waals surface area (Å²) in [6.07, 6.45) is 7.74. The number of nitro benzene ring substituents is 1. The summed E-state index contributed by atoms with van der Waals surface area (Å²) in [4.78, 5) is 26.4. The van der Waals surface area contributed by atoms with Crippen molar-refractivity contribution in [2.24, 2.45) is 5.92 Å². The molecule has 9 heteroatoms. The molecular formula is C18H20N6O3. The van der Waals surface area contributed by atoms with Crippen LogP contribution in [0.15, 0.2) is 30.6 Å². The zero-order chi connectivity index (χ0) is 18.6. The summed E-state index contributed by atoms with van der Waals surface area (Å²) in [6, 6.07) is 6.07. The van der Waals surface area contributed by atoms with Gasteiger partial charge in [0.25, 0.3) is 5.69 Å². The number of nitro groups is 1. The minimum Gasteiger partial charge on any atom is -0.476 e. The first kappa shape index (κ1) is 17.2. The molecule has 2 heterocycles. The molecule has 140 valence electrons. The van der Waals surface area contributed by atoms with Crippen LogP contribution in [-0.2, 0) is 0 Å². The molecule has 4 rings (SSSR count). The standard InChI is InChI=1S/C18H20N6O3/c25-24(26)14-8-6-13(7-9-14)21-18-22-16-15(19-11-20-16)17(23-18)27-10-12-4-2-1-3-5-12/h6-9,11-12H,1-5,10H2,(H2,19,20,21,22,23). The van der Waals surface area contributed by atoms with E-state index >= 15 is 0 Å². The number of hydrogen-bond donors (Lipinski definition) is 2. The third-order valence-corrected chi connectivity index (χ3v) is 4.77. The normalized spacial score (nSPS) is 15.0. The van der Waals surface area contributed by atoms with Crippen LogP contribution in [0.2, 0.25) is 0 Å². The van der Waals surface area contributed by atoms with Gasteiger partial charge in [0.05, 0.1) is 17.9 Å². The highest BCUT2D eigenvalue weighted by molar-refractivity contribution is 5.77. The van der Waals surface area contributed by atoms with Crippen molar-refractivity contribution in [1.82, 2.24) is 19.9 Å². The summed E-state index contributed by atoms with van der Waals surface area (Å²) in [5, 5.41) is 13.8. The molecule has 1 aliphatic carbocycles. The van der Waals surface area contributed by atoms with Crippen LogP contribution in [0.3, 0.4) is 0 Å². The SMILES string of the molecule is O=[N+]([O-])c1ccc(Nc2nc(OCC3CCCCC3)c3[nH]cnc3n2)cc1. The highest BCUT2D eigenvalue weighted by Gasteiger charge is 2.17. The molecule has 0 unspecified atom stereocenters. The minimum absolute atomic E-state index is 0.0285. The number of non-ortho nitro benzene ring substituents is 1. The van der Waals surface area contributed by atoms with E-state index in [9.17, 15) is 10.1 Å². The van der Waals surface area contributed by atoms with E-state index in [0.29, 0.717) is 41.2 Å². The number of ether oxygens (including phenoxy) is 1. The third-order valence-electron chi connectivity index (χ3n) is 4.77. The second-order valence-electron chi connectivity index (χ2n) is 6.70. The van der Waals surface area contributed by atoms with Gasteiger partial charge in [-0.2, -0.15) is 9.97 Å². The Bertz CT molecular complexity index is 934. The second-order valence-corrected chi connectivity index (χ2v) is 6.70. The van der Waals surface area contributed by atoms with Gasteiger partial charge in [0.1, 0.15) is 5.52 Å². The van der Waals surface area contributed by atoms with E-state index in [2.05, 4.69) is 25.3 Å². The first-order chi connectivity index (χ1) is 13.2. The largest absolute Gasteiger partial charge is 0.476 e. The molecule has 0 saturated heterocycles. The monoisotopic (exact) mass is 368 g/mol. The quantitative estimate of drug-likeness (QED) is 0.499. The van der Waals surface area contributed by atoms with Crippen molar-refractivity contribution in [3.8, 4) is 5.88 Å². The van der Waals surface area contributed by atoms with E-state index in [0.717, 1.165) is 0 Å². The fraction of sp³-hybridized carbons (Fsp3) is 0.389. The number of aromatic amines is 1. The number of anilines is 2. The highest BCUT2D eigenvalue weighted by atomic mass is 16.6. The lowest BCUT2D eigenvalue weighted by atomic mass is 9.90. The molecule has 2 N–H and O–H groups in total. The first-order valence-electron chi connectivity index (χ1n) is 9.04. The average Bonchev–Trinajstić information content (AvgIpc) is 3.16. The van der Waals surface area contributed by atoms with Crippen molar-refractivity contribution in [2.45, 2.75) is 32.1 Å². The lowest BCUT2D eigenvalue weighted by Gasteiger charge is -2.21. The van der Waals surface area contributed by atoms with Gasteiger partial charge in [-0.15, -0.1) is 0 Å². The van der Waals surface area contributed by atoms with Crippen molar-refractivity contribution >= 4 is 28.5 Å². The van der Waals surface area contributed by atoms with Crippen LogP contribution >= 0.6 is 0 Å². The maximum atomic E-state index is 10.8. The van der Waals surface area contributed by atoms with E-state index in [1.165, 1.54) is 44.2 Å². The summed E-state index contributed by atoms with van der Waals surface area (Å²) in [5.74, 6) is 1.35. The number of nitrogens with one attached hydrogen (secondary N) is 2. The van der Waals surface area contributed by atoms with Crippen molar-refractivity contribution in [3.63, 3.8) is 0 Å². The van der Waals surface area contributed by atoms with Gasteiger partial charge in [0.2, 0.25) is 11.8 Å². The van der Waals surface area contributed by atoms with Gasteiger partial charge in [-0.3, -0.25) is 10.1 Å². The Morgan fingerprint density at radius 3 is 2.70 bits per heavy atom. The summed E-state index contributed by atoms with van der Waals surface area (Å²) in [5.41, 5.74) is 1.85. The highest BCUT2D eigenvalue weighted by Crippen LogP contribution is 2.27. The van der Waals surface area contributed by atoms with Crippen LogP contribution in [0.4, 0.5) is 17.3 Å². The van der Waals surface area contributed by atoms with Crippen LogP contribution in [0.1, 0.15) is 32.1 Å². The molecule has 0 aliphatic heterocycles. The molecule has 0 radical (unpaired) electrons. The fourth-order valence-corrected chi connectivity index (χ4v) is 3.31. The van der Waals surface area contributed by atoms with Crippen molar-refractivity contribution in [1.29, 1.82) is 0 Å². The third kappa shape index (κ3) is 3.97. The molecule has 1 aliphatic rings. The van der Waals surface area contributed by atoms with Crippen LogP contribution in [-0.4, -0.2) is 31.5 Å². The predicted octanol–water partition coefficient (Wildman–Crippen LogP) is 3.96. The summed E-state index contributed by atoms with van der Waals surface area (Å²) in [6.45, 7) is 0.627. The molecule has 0 atom stereocenters. The average molecular weight is 368 g/mol. The van der Waals surface area contributed by atoms with Gasteiger partial charge in [-0.1, -0.05) is 19.3 Å². The van der Waals surface area contributed by atoms with Crippen molar-refractivity contribution in [3.05, 3.63) is 40.7 Å². The Balaban J connectivity index is 1.53. The first-order valence-corrected chi connectivity index (χ1v) is 9.04. The Kier molecular flexibility index (Phi) is 4.82. The van der Waals surface area contributed by atoms with Crippen LogP contribution in [0.5, 0.6) is 5.88 Å². The molecule has 1 fully saturated rings. The molecule has 1 saturated carbocycles. The molecule has 2 aromatic heterocycles. The summed E-state index contributed by atoms with van der Waals surface area (Å²) >= 11 is 0. The van der Waals surface area contributed by atoms with Crippen LogP contribution in [0, 0.1) is 16.0 Å². The van der Waals surface area contributed by atoms with Gasteiger partial charge in [-0.05, 0) is 30.9 Å². The molecule has 9 nitrogen and oxygen atoms in total. The maximum absolute atomic E-state index is 10.8. The van der Waals surface area contributed by atoms with Crippen molar-refractivity contribution in [2.75, 3.05) is 11.9 Å². The Morgan fingerprint density at radius 2 is 1.96 bits per heavy atom. The number of nitrogens with zero attached hydrogens (tertiary/aromatic N) is 4. The number of aromatic nitrogens is 4. The van der Waals surface area contributed by atoms with Gasteiger partial charge < -0.3 is 15.0 Å². The lowest BCUT2D eigenvalue weighted by Crippen LogP contribution is -2.16. The fourth-order valence-electron chi connectivity index (χ4n) is 3.31. The lowest BCUT2D eigenvalue weighted by molar-refractivity contribution is -0.384. The molecule has 0 bridgehead atoms. The van der Waals surface area contributed by atoms with Crippen LogP contribution in [0.25, 0.3) is 11.2 Å². The molecular weight excluding hydrogens is 348 g/mol. The molecule has 1 aromatic carbocycles. The molecule has 0 amide bonds. The van der Waals surface area contributed by atoms with E-state index in [4.69, 9.17) is 4.74 Å². The Morgan fingerprint density at radius 1 is 1.19 bits per heavy atom. The van der Waals surface area contributed by atoms with E-state index in [-0.39, 0.29) is 5.69 Å². The maximum Gasteiger partial charge on any atom is 0.269 e. The number of rotatable bonds is 6. The van der Waals surface area contributed by atoms with Gasteiger partial charge in [0, 0.05) is 17.8 Å². The number of fused-ring (bicyclic) bond motifs is 1. The Hall–Kier alpha value is -3.23. The second kappa shape index (κ2) is 7.56. The van der Waals surface area contributed by atoms with Gasteiger partial charge >= 0.3 is 0 Å². The molecule has 3 aromatic rings. The minimum atomic E-state index is -0.437.